The van der Waals surface area contributed by atoms with Crippen molar-refractivity contribution in [2.24, 2.45) is 5.41 Å². The van der Waals surface area contributed by atoms with Gasteiger partial charge in [0.1, 0.15) is 6.61 Å². The highest BCUT2D eigenvalue weighted by molar-refractivity contribution is 6.00. The maximum absolute atomic E-state index is 13.0. The van der Waals surface area contributed by atoms with E-state index in [1.807, 2.05) is 13.0 Å². The standard InChI is InChI=1S/C22H35N3O3/c1-4-6-12-22(3,5-2)21(25-19(28)15-26)20-17(13-23-14-18(20)27)24-16-10-8-7-9-11-16/h4-5,16,21,23-24,26H,1-2,6-15H2,3H3,(H,25,28). The van der Waals surface area contributed by atoms with Crippen LogP contribution in [0.4, 0.5) is 0 Å². The first-order valence-corrected chi connectivity index (χ1v) is 10.3. The molecule has 2 aliphatic rings. The molecular formula is C22H35N3O3. The van der Waals surface area contributed by atoms with Crippen LogP contribution in [0.2, 0.25) is 0 Å². The van der Waals surface area contributed by atoms with Gasteiger partial charge in [0.15, 0.2) is 5.78 Å². The highest BCUT2D eigenvalue weighted by Gasteiger charge is 2.40. The van der Waals surface area contributed by atoms with Crippen molar-refractivity contribution in [3.05, 3.63) is 36.6 Å². The molecule has 0 radical (unpaired) electrons. The molecule has 1 amide bonds. The Balaban J connectivity index is 2.43. The molecule has 0 aromatic heterocycles. The molecule has 2 unspecified atom stereocenters. The summed E-state index contributed by atoms with van der Waals surface area (Å²) in [4.78, 5) is 25.1. The van der Waals surface area contributed by atoms with E-state index in [9.17, 15) is 14.7 Å². The van der Waals surface area contributed by atoms with Crippen molar-refractivity contribution in [2.75, 3.05) is 19.7 Å². The first-order chi connectivity index (χ1) is 13.4. The number of nitrogens with one attached hydrogen (secondary N) is 3. The van der Waals surface area contributed by atoms with Crippen LogP contribution in [0.15, 0.2) is 36.6 Å². The van der Waals surface area contributed by atoms with Crippen molar-refractivity contribution in [1.82, 2.24) is 16.0 Å². The molecule has 1 aliphatic heterocycles. The van der Waals surface area contributed by atoms with Crippen molar-refractivity contribution in [3.8, 4) is 0 Å². The zero-order valence-electron chi connectivity index (χ0n) is 17.1. The second-order valence-corrected chi connectivity index (χ2v) is 8.09. The van der Waals surface area contributed by atoms with Gasteiger partial charge in [0.25, 0.3) is 0 Å². The summed E-state index contributed by atoms with van der Waals surface area (Å²) < 4.78 is 0. The number of rotatable bonds is 10. The van der Waals surface area contributed by atoms with Crippen LogP contribution in [-0.2, 0) is 9.59 Å². The minimum atomic E-state index is -0.615. The molecule has 1 saturated carbocycles. The summed E-state index contributed by atoms with van der Waals surface area (Å²) in [5.41, 5.74) is 0.927. The largest absolute Gasteiger partial charge is 0.387 e. The molecule has 2 atom stereocenters. The first-order valence-electron chi connectivity index (χ1n) is 10.3. The van der Waals surface area contributed by atoms with E-state index in [0.717, 1.165) is 25.0 Å². The van der Waals surface area contributed by atoms with E-state index in [1.165, 1.54) is 19.3 Å². The van der Waals surface area contributed by atoms with Gasteiger partial charge >= 0.3 is 0 Å². The number of hydrogen-bond donors (Lipinski definition) is 4. The van der Waals surface area contributed by atoms with E-state index in [2.05, 4.69) is 29.1 Å². The van der Waals surface area contributed by atoms with Crippen LogP contribution in [0.5, 0.6) is 0 Å². The molecule has 1 fully saturated rings. The Kier molecular flexibility index (Phi) is 8.45. The third-order valence-corrected chi connectivity index (χ3v) is 5.95. The molecule has 1 heterocycles. The van der Waals surface area contributed by atoms with Gasteiger partial charge in [-0.1, -0.05) is 38.3 Å². The Bertz CT molecular complexity index is 623. The third kappa shape index (κ3) is 5.55. The van der Waals surface area contributed by atoms with Gasteiger partial charge in [-0.05, 0) is 25.7 Å². The SMILES string of the molecule is C=CCCC(C)(C=C)C(NC(=O)CO)C1=C(NC2CCCCC2)CNCC1=O. The van der Waals surface area contributed by atoms with Crippen LogP contribution < -0.4 is 16.0 Å². The first kappa shape index (κ1) is 22.4. The highest BCUT2D eigenvalue weighted by atomic mass is 16.3. The van der Waals surface area contributed by atoms with Gasteiger partial charge < -0.3 is 21.1 Å². The van der Waals surface area contributed by atoms with Crippen LogP contribution in [0, 0.1) is 5.41 Å². The fourth-order valence-corrected chi connectivity index (χ4v) is 4.17. The lowest BCUT2D eigenvalue weighted by molar-refractivity contribution is -0.125. The minimum Gasteiger partial charge on any atom is -0.387 e. The van der Waals surface area contributed by atoms with Crippen LogP contribution in [0.3, 0.4) is 0 Å². The lowest BCUT2D eigenvalue weighted by Crippen LogP contribution is -2.54. The molecule has 1 aliphatic carbocycles. The van der Waals surface area contributed by atoms with Gasteiger partial charge in [0.2, 0.25) is 5.91 Å². The van der Waals surface area contributed by atoms with Crippen LogP contribution >= 0.6 is 0 Å². The van der Waals surface area contributed by atoms with Crippen LogP contribution in [0.25, 0.3) is 0 Å². The van der Waals surface area contributed by atoms with E-state index < -0.39 is 24.0 Å². The number of aliphatic hydroxyl groups is 1. The van der Waals surface area contributed by atoms with E-state index >= 15 is 0 Å². The molecule has 28 heavy (non-hydrogen) atoms. The number of aliphatic hydroxyl groups excluding tert-OH is 1. The maximum atomic E-state index is 13.0. The van der Waals surface area contributed by atoms with Crippen molar-refractivity contribution in [3.63, 3.8) is 0 Å². The molecule has 156 valence electrons. The Labute approximate surface area is 168 Å². The number of hydrogen-bond acceptors (Lipinski definition) is 5. The van der Waals surface area contributed by atoms with Crippen molar-refractivity contribution >= 4 is 11.7 Å². The van der Waals surface area contributed by atoms with E-state index in [0.29, 0.717) is 24.6 Å². The predicted octanol–water partition coefficient (Wildman–Crippen LogP) is 1.97. The molecule has 6 heteroatoms. The summed E-state index contributed by atoms with van der Waals surface area (Å²) in [5, 5.41) is 19.0. The summed E-state index contributed by atoms with van der Waals surface area (Å²) in [6, 6.07) is -0.200. The summed E-state index contributed by atoms with van der Waals surface area (Å²) in [6.07, 6.45) is 10.9. The zero-order valence-corrected chi connectivity index (χ0v) is 17.1. The summed E-state index contributed by atoms with van der Waals surface area (Å²) >= 11 is 0. The molecule has 0 saturated heterocycles. The lowest BCUT2D eigenvalue weighted by atomic mass is 9.73. The quantitative estimate of drug-likeness (QED) is 0.429. The average Bonchev–Trinajstić information content (AvgIpc) is 2.71. The Hall–Kier alpha value is -1.92. The van der Waals surface area contributed by atoms with Crippen LogP contribution in [0.1, 0.15) is 51.9 Å². The number of carbonyl (C=O) groups excluding carboxylic acids is 2. The van der Waals surface area contributed by atoms with E-state index in [-0.39, 0.29) is 12.3 Å². The minimum absolute atomic E-state index is 0.0283. The monoisotopic (exact) mass is 389 g/mol. The number of ketones is 1. The second kappa shape index (κ2) is 10.6. The fraction of sp³-hybridized carbons (Fsp3) is 0.636. The average molecular weight is 390 g/mol. The smallest absolute Gasteiger partial charge is 0.246 e. The van der Waals surface area contributed by atoms with Gasteiger partial charge in [-0.15, -0.1) is 13.2 Å². The Morgan fingerprint density at radius 2 is 2.04 bits per heavy atom. The highest BCUT2D eigenvalue weighted by Crippen LogP contribution is 2.35. The zero-order chi connectivity index (χ0) is 20.6. The fourth-order valence-electron chi connectivity index (χ4n) is 4.17. The number of Topliss-reactive ketones (excluding diaryl/α,β-unsaturated/α-hetero) is 1. The molecule has 6 nitrogen and oxygen atoms in total. The van der Waals surface area contributed by atoms with Crippen molar-refractivity contribution < 1.29 is 14.7 Å². The predicted molar refractivity (Wildman–Crippen MR) is 112 cm³/mol. The molecule has 0 spiro atoms. The van der Waals surface area contributed by atoms with Crippen molar-refractivity contribution in [2.45, 2.75) is 64.0 Å². The van der Waals surface area contributed by atoms with Gasteiger partial charge in [-0.2, -0.15) is 0 Å². The van der Waals surface area contributed by atoms with Gasteiger partial charge in [0, 0.05) is 29.3 Å². The normalized spacial score (nSPS) is 21.6. The number of amides is 1. The summed E-state index contributed by atoms with van der Waals surface area (Å²) in [6.45, 7) is 9.96. The van der Waals surface area contributed by atoms with E-state index in [1.54, 1.807) is 6.08 Å². The maximum Gasteiger partial charge on any atom is 0.246 e. The number of carbonyl (C=O) groups is 2. The lowest BCUT2D eigenvalue weighted by Gasteiger charge is -2.40. The third-order valence-electron chi connectivity index (χ3n) is 5.95. The Morgan fingerprint density at radius 1 is 1.32 bits per heavy atom. The molecule has 2 rings (SSSR count). The number of allylic oxidation sites excluding steroid dienone is 1. The summed E-state index contributed by atoms with van der Waals surface area (Å²) in [5.74, 6) is -0.521. The molecule has 0 aromatic rings. The van der Waals surface area contributed by atoms with Crippen LogP contribution in [-0.4, -0.2) is 48.6 Å². The van der Waals surface area contributed by atoms with Gasteiger partial charge in [0.05, 0.1) is 12.6 Å². The summed E-state index contributed by atoms with van der Waals surface area (Å²) in [7, 11) is 0. The Morgan fingerprint density at radius 3 is 2.64 bits per heavy atom. The molecule has 4 N–H and O–H groups in total. The molecular weight excluding hydrogens is 354 g/mol. The van der Waals surface area contributed by atoms with Gasteiger partial charge in [-0.3, -0.25) is 9.59 Å². The second-order valence-electron chi connectivity index (χ2n) is 8.09. The van der Waals surface area contributed by atoms with Crippen molar-refractivity contribution in [1.29, 1.82) is 0 Å². The topological polar surface area (TPSA) is 90.5 Å². The molecule has 0 bridgehead atoms. The molecule has 0 aromatic carbocycles. The van der Waals surface area contributed by atoms with E-state index in [4.69, 9.17) is 0 Å². The van der Waals surface area contributed by atoms with Gasteiger partial charge in [-0.25, -0.2) is 0 Å².